The highest BCUT2D eigenvalue weighted by atomic mass is 35.5. The van der Waals surface area contributed by atoms with Gasteiger partial charge in [0.15, 0.2) is 0 Å². The van der Waals surface area contributed by atoms with E-state index < -0.39 is 0 Å². The molecule has 2 aromatic carbocycles. The zero-order valence-electron chi connectivity index (χ0n) is 17.3. The normalized spacial score (nSPS) is 12.6. The van der Waals surface area contributed by atoms with Crippen LogP contribution in [0.1, 0.15) is 32.7 Å². The standard InChI is InChI=1S/C23H20ClN5O3/c1-32-17-5-2-14(3-6-17)12-26-23-27-20-13-29(9-8-18(20)21(30)28-23)22(31)15-4-7-19(24)16(10-15)11-25/h2-7,10H,8-9,12-13H2,1H3,(H2,26,27,28,30). The van der Waals surface area contributed by atoms with Crippen LogP contribution in [0.25, 0.3) is 0 Å². The van der Waals surface area contributed by atoms with Gasteiger partial charge >= 0.3 is 0 Å². The van der Waals surface area contributed by atoms with Crippen molar-refractivity contribution < 1.29 is 9.53 Å². The van der Waals surface area contributed by atoms with Gasteiger partial charge in [-0.25, -0.2) is 4.98 Å². The van der Waals surface area contributed by atoms with Crippen LogP contribution in [-0.2, 0) is 19.5 Å². The van der Waals surface area contributed by atoms with Crippen LogP contribution < -0.4 is 15.6 Å². The molecule has 3 aromatic rings. The average Bonchev–Trinajstić information content (AvgIpc) is 2.82. The smallest absolute Gasteiger partial charge is 0.255 e. The lowest BCUT2D eigenvalue weighted by atomic mass is 10.0. The lowest BCUT2D eigenvalue weighted by Gasteiger charge is -2.28. The first kappa shape index (κ1) is 21.4. The number of hydrogen-bond donors (Lipinski definition) is 2. The Hall–Kier alpha value is -3.83. The summed E-state index contributed by atoms with van der Waals surface area (Å²) < 4.78 is 5.16. The van der Waals surface area contributed by atoms with Crippen molar-refractivity contribution in [3.05, 3.63) is 85.8 Å². The molecule has 1 amide bonds. The van der Waals surface area contributed by atoms with Gasteiger partial charge in [0.05, 0.1) is 29.9 Å². The van der Waals surface area contributed by atoms with Crippen molar-refractivity contribution in [1.29, 1.82) is 5.26 Å². The first-order chi connectivity index (χ1) is 15.5. The number of nitrogens with zero attached hydrogens (tertiary/aromatic N) is 3. The third-order valence-electron chi connectivity index (χ3n) is 5.31. The summed E-state index contributed by atoms with van der Waals surface area (Å²) in [6.45, 7) is 1.07. The number of benzene rings is 2. The molecule has 0 bridgehead atoms. The molecule has 1 aliphatic heterocycles. The van der Waals surface area contributed by atoms with Gasteiger partial charge in [0.1, 0.15) is 11.8 Å². The topological polar surface area (TPSA) is 111 Å². The van der Waals surface area contributed by atoms with E-state index in [1.54, 1.807) is 18.1 Å². The Kier molecular flexibility index (Phi) is 6.10. The van der Waals surface area contributed by atoms with Crippen molar-refractivity contribution in [1.82, 2.24) is 14.9 Å². The van der Waals surface area contributed by atoms with Crippen LogP contribution in [0.5, 0.6) is 5.75 Å². The van der Waals surface area contributed by atoms with Crippen molar-refractivity contribution in [3.63, 3.8) is 0 Å². The summed E-state index contributed by atoms with van der Waals surface area (Å²) >= 11 is 5.97. The molecule has 0 radical (unpaired) electrons. The van der Waals surface area contributed by atoms with Gasteiger partial charge in [-0.15, -0.1) is 0 Å². The van der Waals surface area contributed by atoms with Crippen LogP contribution in [0.4, 0.5) is 5.95 Å². The summed E-state index contributed by atoms with van der Waals surface area (Å²) in [5, 5.41) is 12.6. The number of ether oxygens (including phenoxy) is 1. The van der Waals surface area contributed by atoms with Crippen LogP contribution in [-0.4, -0.2) is 34.4 Å². The van der Waals surface area contributed by atoms with Crippen molar-refractivity contribution in [2.45, 2.75) is 19.5 Å². The van der Waals surface area contributed by atoms with Crippen molar-refractivity contribution in [3.8, 4) is 11.8 Å². The predicted molar refractivity (Wildman–Crippen MR) is 120 cm³/mol. The summed E-state index contributed by atoms with van der Waals surface area (Å²) in [5.74, 6) is 0.872. The number of anilines is 1. The molecule has 0 unspecified atom stereocenters. The summed E-state index contributed by atoms with van der Waals surface area (Å²) in [6.07, 6.45) is 0.404. The second-order valence-corrected chi connectivity index (χ2v) is 7.73. The predicted octanol–water partition coefficient (Wildman–Crippen LogP) is 3.11. The summed E-state index contributed by atoms with van der Waals surface area (Å²) in [5.41, 5.74) is 2.54. The number of amides is 1. The summed E-state index contributed by atoms with van der Waals surface area (Å²) in [4.78, 5) is 34.4. The molecule has 4 rings (SSSR count). The third-order valence-corrected chi connectivity index (χ3v) is 5.64. The molecule has 1 aromatic heterocycles. The molecule has 162 valence electrons. The minimum atomic E-state index is -0.237. The number of carbonyl (C=O) groups is 1. The lowest BCUT2D eigenvalue weighted by molar-refractivity contribution is 0.0731. The molecule has 0 saturated carbocycles. The third kappa shape index (κ3) is 4.43. The number of hydrogen-bond acceptors (Lipinski definition) is 6. The molecule has 0 spiro atoms. The van der Waals surface area contributed by atoms with Gasteiger partial charge in [0, 0.05) is 24.2 Å². The number of nitrogens with one attached hydrogen (secondary N) is 2. The Morgan fingerprint density at radius 2 is 2.09 bits per heavy atom. The number of nitriles is 1. The first-order valence-electron chi connectivity index (χ1n) is 9.96. The SMILES string of the molecule is COc1ccc(CNc2nc3c(c(=O)[nH]2)CCN(C(=O)c2ccc(Cl)c(C#N)c2)C3)cc1. The minimum Gasteiger partial charge on any atom is -0.497 e. The van der Waals surface area contributed by atoms with Crippen LogP contribution in [0.3, 0.4) is 0 Å². The highest BCUT2D eigenvalue weighted by molar-refractivity contribution is 6.31. The number of fused-ring (bicyclic) bond motifs is 1. The zero-order valence-corrected chi connectivity index (χ0v) is 18.1. The fourth-order valence-electron chi connectivity index (χ4n) is 3.55. The largest absolute Gasteiger partial charge is 0.497 e. The Balaban J connectivity index is 1.50. The summed E-state index contributed by atoms with van der Waals surface area (Å²) in [7, 11) is 1.61. The van der Waals surface area contributed by atoms with Crippen molar-refractivity contribution in [2.24, 2.45) is 0 Å². The van der Waals surface area contributed by atoms with Gasteiger partial charge < -0.3 is 15.0 Å². The van der Waals surface area contributed by atoms with E-state index in [0.717, 1.165) is 11.3 Å². The van der Waals surface area contributed by atoms with Crippen molar-refractivity contribution >= 4 is 23.5 Å². The van der Waals surface area contributed by atoms with Gasteiger partial charge in [-0.2, -0.15) is 5.26 Å². The van der Waals surface area contributed by atoms with Crippen LogP contribution in [0, 0.1) is 11.3 Å². The number of methoxy groups -OCH3 is 1. The van der Waals surface area contributed by atoms with E-state index >= 15 is 0 Å². The zero-order chi connectivity index (χ0) is 22.7. The van der Waals surface area contributed by atoms with Crippen LogP contribution in [0.2, 0.25) is 5.02 Å². The Bertz CT molecular complexity index is 1260. The molecule has 0 fully saturated rings. The van der Waals surface area contributed by atoms with Gasteiger partial charge in [-0.3, -0.25) is 14.6 Å². The molecule has 0 aliphatic carbocycles. The van der Waals surface area contributed by atoms with Crippen LogP contribution in [0.15, 0.2) is 47.3 Å². The maximum atomic E-state index is 13.0. The van der Waals surface area contributed by atoms with E-state index in [9.17, 15) is 9.59 Å². The number of rotatable bonds is 5. The number of aromatic amines is 1. The maximum Gasteiger partial charge on any atom is 0.255 e. The molecule has 9 heteroatoms. The summed E-state index contributed by atoms with van der Waals surface area (Å²) in [6, 6.07) is 14.2. The van der Waals surface area contributed by atoms with E-state index in [2.05, 4.69) is 15.3 Å². The fourth-order valence-corrected chi connectivity index (χ4v) is 3.71. The highest BCUT2D eigenvalue weighted by Crippen LogP contribution is 2.21. The molecular formula is C23H20ClN5O3. The number of halogens is 1. The molecular weight excluding hydrogens is 430 g/mol. The number of H-pyrrole nitrogens is 1. The van der Waals surface area contributed by atoms with Gasteiger partial charge in [-0.1, -0.05) is 23.7 Å². The Labute approximate surface area is 189 Å². The Morgan fingerprint density at radius 1 is 1.31 bits per heavy atom. The molecule has 32 heavy (non-hydrogen) atoms. The fraction of sp³-hybridized carbons (Fsp3) is 0.217. The van der Waals surface area contributed by atoms with E-state index in [1.807, 2.05) is 30.3 Å². The quantitative estimate of drug-likeness (QED) is 0.619. The molecule has 0 atom stereocenters. The average molecular weight is 450 g/mol. The molecule has 2 N–H and O–H groups in total. The number of carbonyl (C=O) groups excluding carboxylic acids is 1. The molecule has 0 saturated heterocycles. The van der Waals surface area contributed by atoms with Gasteiger partial charge in [-0.05, 0) is 42.3 Å². The number of aromatic nitrogens is 2. The van der Waals surface area contributed by atoms with Gasteiger partial charge in [0.2, 0.25) is 5.95 Å². The Morgan fingerprint density at radius 3 is 2.81 bits per heavy atom. The monoisotopic (exact) mass is 449 g/mol. The highest BCUT2D eigenvalue weighted by Gasteiger charge is 2.25. The molecule has 1 aliphatic rings. The second kappa shape index (κ2) is 9.12. The first-order valence-corrected chi connectivity index (χ1v) is 10.3. The van der Waals surface area contributed by atoms with Crippen LogP contribution >= 0.6 is 11.6 Å². The van der Waals surface area contributed by atoms with E-state index in [-0.39, 0.29) is 23.6 Å². The molecule has 2 heterocycles. The second-order valence-electron chi connectivity index (χ2n) is 7.32. The molecule has 8 nitrogen and oxygen atoms in total. The minimum absolute atomic E-state index is 0.208. The van der Waals surface area contributed by atoms with Crippen molar-refractivity contribution in [2.75, 3.05) is 19.0 Å². The van der Waals surface area contributed by atoms with E-state index in [0.29, 0.717) is 47.3 Å². The maximum absolute atomic E-state index is 13.0. The lowest BCUT2D eigenvalue weighted by Crippen LogP contribution is -2.39. The van der Waals surface area contributed by atoms with E-state index in [4.69, 9.17) is 21.6 Å². The van der Waals surface area contributed by atoms with Gasteiger partial charge in [0.25, 0.3) is 11.5 Å². The van der Waals surface area contributed by atoms with E-state index in [1.165, 1.54) is 12.1 Å².